The molecule has 1 aromatic rings. The molecule has 0 bridgehead atoms. The fourth-order valence-corrected chi connectivity index (χ4v) is 3.90. The zero-order valence-corrected chi connectivity index (χ0v) is 10.3. The molecule has 0 amide bonds. The summed E-state index contributed by atoms with van der Waals surface area (Å²) in [6, 6.07) is 8.85. The molecule has 2 aliphatic heterocycles. The Morgan fingerprint density at radius 1 is 1.25 bits per heavy atom. The van der Waals surface area contributed by atoms with Gasteiger partial charge in [0.1, 0.15) is 0 Å². The van der Waals surface area contributed by atoms with Crippen molar-refractivity contribution in [3.05, 3.63) is 29.8 Å². The number of fused-ring (bicyclic) bond motifs is 1. The fraction of sp³-hybridized carbons (Fsp3) is 0.538. The average Bonchev–Trinajstić information content (AvgIpc) is 2.72. The average molecular weight is 234 g/mol. The van der Waals surface area contributed by atoms with Gasteiger partial charge < -0.3 is 5.32 Å². The van der Waals surface area contributed by atoms with E-state index in [0.717, 1.165) is 18.3 Å². The molecular formula is C13H18N2S. The zero-order chi connectivity index (χ0) is 10.8. The van der Waals surface area contributed by atoms with E-state index < -0.39 is 0 Å². The van der Waals surface area contributed by atoms with Gasteiger partial charge in [0.25, 0.3) is 0 Å². The van der Waals surface area contributed by atoms with Crippen molar-refractivity contribution in [2.45, 2.75) is 16.6 Å². The molecular weight excluding hydrogens is 216 g/mol. The van der Waals surface area contributed by atoms with E-state index >= 15 is 0 Å². The summed E-state index contributed by atoms with van der Waals surface area (Å²) >= 11 is 2.07. The molecule has 0 aliphatic carbocycles. The summed E-state index contributed by atoms with van der Waals surface area (Å²) in [5.41, 5.74) is 1.55. The number of hydrogen-bond donors (Lipinski definition) is 1. The molecule has 1 aromatic carbocycles. The van der Waals surface area contributed by atoms with Gasteiger partial charge in [-0.2, -0.15) is 0 Å². The Hall–Kier alpha value is -0.510. The highest BCUT2D eigenvalue weighted by molar-refractivity contribution is 8.00. The Morgan fingerprint density at radius 3 is 2.88 bits per heavy atom. The van der Waals surface area contributed by atoms with Crippen LogP contribution in [0.4, 0.5) is 0 Å². The lowest BCUT2D eigenvalue weighted by molar-refractivity contribution is 0.242. The summed E-state index contributed by atoms with van der Waals surface area (Å²) < 4.78 is 0. The maximum atomic E-state index is 3.41. The van der Waals surface area contributed by atoms with Gasteiger partial charge in [-0.3, -0.25) is 4.90 Å². The summed E-state index contributed by atoms with van der Waals surface area (Å²) in [6.07, 6.45) is 1.25. The monoisotopic (exact) mass is 234 g/mol. The van der Waals surface area contributed by atoms with Crippen molar-refractivity contribution in [1.82, 2.24) is 10.2 Å². The molecule has 1 fully saturated rings. The molecule has 86 valence electrons. The van der Waals surface area contributed by atoms with E-state index in [9.17, 15) is 0 Å². The standard InChI is InChI=1S/C13H18N2S/c1-2-4-13-11(3-1)9-12(16-13)10-15-7-5-14-6-8-15/h1-4,12,14H,5-10H2. The van der Waals surface area contributed by atoms with Gasteiger partial charge in [-0.15, -0.1) is 11.8 Å². The Bertz CT molecular complexity index is 336. The second-order valence-electron chi connectivity index (χ2n) is 4.60. The smallest absolute Gasteiger partial charge is 0.0263 e. The number of thioether (sulfide) groups is 1. The molecule has 0 radical (unpaired) electrons. The van der Waals surface area contributed by atoms with E-state index in [1.165, 1.54) is 31.0 Å². The van der Waals surface area contributed by atoms with Gasteiger partial charge in [-0.1, -0.05) is 18.2 Å². The Balaban J connectivity index is 1.59. The third-order valence-corrected chi connectivity index (χ3v) is 4.69. The van der Waals surface area contributed by atoms with Crippen LogP contribution in [0.1, 0.15) is 5.56 Å². The van der Waals surface area contributed by atoms with Crippen LogP contribution in [-0.2, 0) is 6.42 Å². The SMILES string of the molecule is c1ccc2c(c1)CC(CN1CCNCC1)S2. The predicted molar refractivity (Wildman–Crippen MR) is 69.1 cm³/mol. The molecule has 0 saturated carbocycles. The molecule has 3 heteroatoms. The topological polar surface area (TPSA) is 15.3 Å². The van der Waals surface area contributed by atoms with E-state index in [-0.39, 0.29) is 0 Å². The molecule has 1 atom stereocenters. The Morgan fingerprint density at radius 2 is 2.06 bits per heavy atom. The van der Waals surface area contributed by atoms with Crippen LogP contribution in [0.2, 0.25) is 0 Å². The van der Waals surface area contributed by atoms with E-state index in [4.69, 9.17) is 0 Å². The van der Waals surface area contributed by atoms with Crippen molar-refractivity contribution in [3.63, 3.8) is 0 Å². The first-order valence-electron chi connectivity index (χ1n) is 6.09. The number of nitrogens with zero attached hydrogens (tertiary/aromatic N) is 1. The first kappa shape index (κ1) is 10.6. The van der Waals surface area contributed by atoms with Crippen LogP contribution in [0.15, 0.2) is 29.2 Å². The van der Waals surface area contributed by atoms with Gasteiger partial charge in [0, 0.05) is 42.9 Å². The van der Waals surface area contributed by atoms with Crippen LogP contribution in [-0.4, -0.2) is 42.9 Å². The minimum absolute atomic E-state index is 0.774. The molecule has 1 unspecified atom stereocenters. The second-order valence-corrected chi connectivity index (χ2v) is 5.94. The van der Waals surface area contributed by atoms with Gasteiger partial charge in [0.15, 0.2) is 0 Å². The quantitative estimate of drug-likeness (QED) is 0.837. The number of nitrogens with one attached hydrogen (secondary N) is 1. The van der Waals surface area contributed by atoms with Crippen molar-refractivity contribution in [2.75, 3.05) is 32.7 Å². The van der Waals surface area contributed by atoms with Gasteiger partial charge in [-0.25, -0.2) is 0 Å². The largest absolute Gasteiger partial charge is 0.314 e. The molecule has 2 nitrogen and oxygen atoms in total. The Labute approximate surface area is 101 Å². The maximum Gasteiger partial charge on any atom is 0.0263 e. The molecule has 16 heavy (non-hydrogen) atoms. The first-order valence-corrected chi connectivity index (χ1v) is 6.97. The van der Waals surface area contributed by atoms with E-state index in [2.05, 4.69) is 46.2 Å². The summed E-state index contributed by atoms with van der Waals surface area (Å²) in [4.78, 5) is 4.10. The summed E-state index contributed by atoms with van der Waals surface area (Å²) in [7, 11) is 0. The molecule has 1 N–H and O–H groups in total. The third kappa shape index (κ3) is 2.26. The van der Waals surface area contributed by atoms with Crippen LogP contribution in [0.5, 0.6) is 0 Å². The van der Waals surface area contributed by atoms with Crippen molar-refractivity contribution >= 4 is 11.8 Å². The van der Waals surface area contributed by atoms with Crippen LogP contribution in [0.3, 0.4) is 0 Å². The van der Waals surface area contributed by atoms with Gasteiger partial charge in [0.2, 0.25) is 0 Å². The van der Waals surface area contributed by atoms with Crippen LogP contribution in [0.25, 0.3) is 0 Å². The van der Waals surface area contributed by atoms with Crippen molar-refractivity contribution in [2.24, 2.45) is 0 Å². The molecule has 2 heterocycles. The first-order chi connectivity index (χ1) is 7.92. The maximum absolute atomic E-state index is 3.41. The molecule has 2 aliphatic rings. The Kier molecular flexibility index (Phi) is 3.18. The minimum atomic E-state index is 0.774. The normalized spacial score (nSPS) is 25.6. The summed E-state index contributed by atoms with van der Waals surface area (Å²) in [6.45, 7) is 6.00. The zero-order valence-electron chi connectivity index (χ0n) is 9.48. The predicted octanol–water partition coefficient (Wildman–Crippen LogP) is 1.61. The highest BCUT2D eigenvalue weighted by Crippen LogP contribution is 2.36. The minimum Gasteiger partial charge on any atom is -0.314 e. The van der Waals surface area contributed by atoms with E-state index in [0.29, 0.717) is 0 Å². The molecule has 1 saturated heterocycles. The number of benzene rings is 1. The lowest BCUT2D eigenvalue weighted by Gasteiger charge is -2.29. The third-order valence-electron chi connectivity index (χ3n) is 3.39. The summed E-state index contributed by atoms with van der Waals surface area (Å²) in [5, 5.41) is 4.18. The molecule has 0 aromatic heterocycles. The molecule has 0 spiro atoms. The van der Waals surface area contributed by atoms with Crippen LogP contribution in [0, 0.1) is 0 Å². The van der Waals surface area contributed by atoms with E-state index in [1.807, 2.05) is 0 Å². The number of piperazine rings is 1. The van der Waals surface area contributed by atoms with Crippen molar-refractivity contribution in [1.29, 1.82) is 0 Å². The fourth-order valence-electron chi connectivity index (χ4n) is 2.54. The lowest BCUT2D eigenvalue weighted by Crippen LogP contribution is -2.45. The number of hydrogen-bond acceptors (Lipinski definition) is 3. The van der Waals surface area contributed by atoms with Gasteiger partial charge in [0.05, 0.1) is 0 Å². The number of rotatable bonds is 2. The van der Waals surface area contributed by atoms with Crippen LogP contribution >= 0.6 is 11.8 Å². The van der Waals surface area contributed by atoms with Crippen LogP contribution < -0.4 is 5.32 Å². The van der Waals surface area contributed by atoms with Gasteiger partial charge in [-0.05, 0) is 18.1 Å². The lowest BCUT2D eigenvalue weighted by atomic mass is 10.1. The second kappa shape index (κ2) is 4.78. The highest BCUT2D eigenvalue weighted by atomic mass is 32.2. The van der Waals surface area contributed by atoms with Gasteiger partial charge >= 0.3 is 0 Å². The summed E-state index contributed by atoms with van der Waals surface area (Å²) in [5.74, 6) is 0. The highest BCUT2D eigenvalue weighted by Gasteiger charge is 2.24. The molecule has 3 rings (SSSR count). The van der Waals surface area contributed by atoms with Crippen molar-refractivity contribution in [3.8, 4) is 0 Å². The van der Waals surface area contributed by atoms with Crippen molar-refractivity contribution < 1.29 is 0 Å². The van der Waals surface area contributed by atoms with E-state index in [1.54, 1.807) is 5.56 Å².